The van der Waals surface area contributed by atoms with E-state index in [1.165, 1.54) is 24.3 Å². The van der Waals surface area contributed by atoms with Crippen LogP contribution in [-0.2, 0) is 9.53 Å². The lowest BCUT2D eigenvalue weighted by atomic mass is 9.91. The van der Waals surface area contributed by atoms with Crippen LogP contribution >= 0.6 is 0 Å². The SMILES string of the molecule is CCCC(CCC)C(=O)O.O=c1oc2cc(O)ccc2cc1[C@@H]1O[C@H](CO)[C@H](O)[C@H](O)[C@H]1O. The molecule has 0 saturated carbocycles. The average molecular weight is 468 g/mol. The molecule has 10 nitrogen and oxygen atoms in total. The highest BCUT2D eigenvalue weighted by atomic mass is 16.5. The molecule has 1 saturated heterocycles. The Kier molecular flexibility index (Phi) is 9.81. The Hall–Kier alpha value is -2.50. The molecular formula is C23H32O10. The van der Waals surface area contributed by atoms with E-state index in [9.17, 15) is 35.1 Å². The summed E-state index contributed by atoms with van der Waals surface area (Å²) in [5.41, 5.74) is -0.712. The summed E-state index contributed by atoms with van der Waals surface area (Å²) in [6.07, 6.45) is -3.45. The maximum atomic E-state index is 12.1. The molecule has 1 aliphatic heterocycles. The maximum Gasteiger partial charge on any atom is 0.342 e. The Bertz CT molecular complexity index is 963. The Labute approximate surface area is 190 Å². The van der Waals surface area contributed by atoms with Gasteiger partial charge in [0.15, 0.2) is 0 Å². The third-order valence-corrected chi connectivity index (χ3v) is 5.57. The molecule has 0 amide bonds. The molecule has 3 rings (SSSR count). The first-order valence-electron chi connectivity index (χ1n) is 10.9. The first-order valence-corrected chi connectivity index (χ1v) is 10.9. The lowest BCUT2D eigenvalue weighted by molar-refractivity contribution is -0.232. The molecule has 1 aromatic heterocycles. The second-order valence-corrected chi connectivity index (χ2v) is 8.07. The van der Waals surface area contributed by atoms with Crippen molar-refractivity contribution in [3.05, 3.63) is 40.2 Å². The van der Waals surface area contributed by atoms with Crippen molar-refractivity contribution in [2.75, 3.05) is 6.61 Å². The lowest BCUT2D eigenvalue weighted by Crippen LogP contribution is -2.55. The quantitative estimate of drug-likeness (QED) is 0.325. The van der Waals surface area contributed by atoms with Gasteiger partial charge in [-0.15, -0.1) is 0 Å². The van der Waals surface area contributed by atoms with Crippen LogP contribution in [0.1, 0.15) is 51.2 Å². The lowest BCUT2D eigenvalue weighted by Gasteiger charge is -2.39. The number of carboxylic acids is 1. The van der Waals surface area contributed by atoms with Crippen molar-refractivity contribution in [2.24, 2.45) is 5.92 Å². The van der Waals surface area contributed by atoms with Gasteiger partial charge in [-0.05, 0) is 31.0 Å². The molecule has 6 N–H and O–H groups in total. The largest absolute Gasteiger partial charge is 0.508 e. The van der Waals surface area contributed by atoms with Gasteiger partial charge in [-0.2, -0.15) is 0 Å². The smallest absolute Gasteiger partial charge is 0.342 e. The van der Waals surface area contributed by atoms with Gasteiger partial charge in [0, 0.05) is 11.5 Å². The summed E-state index contributed by atoms with van der Waals surface area (Å²) in [4.78, 5) is 22.6. The topological polar surface area (TPSA) is 178 Å². The second kappa shape index (κ2) is 12.1. The summed E-state index contributed by atoms with van der Waals surface area (Å²) in [6, 6.07) is 5.60. The number of phenols is 1. The minimum Gasteiger partial charge on any atom is -0.508 e. The van der Waals surface area contributed by atoms with Crippen LogP contribution in [0, 0.1) is 5.92 Å². The summed E-state index contributed by atoms with van der Waals surface area (Å²) in [6.45, 7) is 3.45. The fraction of sp³-hybridized carbons (Fsp3) is 0.565. The van der Waals surface area contributed by atoms with Crippen molar-refractivity contribution in [1.29, 1.82) is 0 Å². The first kappa shape index (κ1) is 26.7. The van der Waals surface area contributed by atoms with Crippen LogP contribution in [0.3, 0.4) is 0 Å². The highest BCUT2D eigenvalue weighted by molar-refractivity contribution is 5.78. The summed E-state index contributed by atoms with van der Waals surface area (Å²) < 4.78 is 10.4. The van der Waals surface area contributed by atoms with E-state index in [4.69, 9.17) is 14.3 Å². The number of carboxylic acid groups (broad SMARTS) is 1. The van der Waals surface area contributed by atoms with Gasteiger partial charge in [-0.25, -0.2) is 4.79 Å². The Balaban J connectivity index is 0.000000328. The van der Waals surface area contributed by atoms with Gasteiger partial charge in [-0.3, -0.25) is 4.79 Å². The van der Waals surface area contributed by atoms with Crippen LogP contribution in [-0.4, -0.2) is 67.6 Å². The predicted molar refractivity (Wildman–Crippen MR) is 118 cm³/mol. The van der Waals surface area contributed by atoms with E-state index >= 15 is 0 Å². The summed E-state index contributed by atoms with van der Waals surface area (Å²) in [5.74, 6) is -0.806. The van der Waals surface area contributed by atoms with Crippen LogP contribution in [0.25, 0.3) is 11.0 Å². The summed E-state index contributed by atoms with van der Waals surface area (Å²) in [5, 5.41) is 57.4. The monoisotopic (exact) mass is 468 g/mol. The number of carbonyl (C=O) groups is 1. The zero-order valence-corrected chi connectivity index (χ0v) is 18.6. The highest BCUT2D eigenvalue weighted by Crippen LogP contribution is 2.32. The molecule has 33 heavy (non-hydrogen) atoms. The minimum atomic E-state index is -1.58. The van der Waals surface area contributed by atoms with E-state index in [-0.39, 0.29) is 22.8 Å². The van der Waals surface area contributed by atoms with E-state index < -0.39 is 48.7 Å². The maximum absolute atomic E-state index is 12.1. The molecule has 1 aliphatic rings. The van der Waals surface area contributed by atoms with Crippen LogP contribution in [0.2, 0.25) is 0 Å². The zero-order chi connectivity index (χ0) is 24.7. The number of aromatic hydroxyl groups is 1. The fourth-order valence-corrected chi connectivity index (χ4v) is 3.76. The number of hydrogen-bond acceptors (Lipinski definition) is 9. The van der Waals surface area contributed by atoms with Crippen molar-refractivity contribution < 1.29 is 44.6 Å². The minimum absolute atomic E-state index is 0.0555. The molecular weight excluding hydrogens is 436 g/mol. The van der Waals surface area contributed by atoms with E-state index in [1.807, 2.05) is 13.8 Å². The van der Waals surface area contributed by atoms with E-state index in [0.29, 0.717) is 5.39 Å². The zero-order valence-electron chi connectivity index (χ0n) is 18.6. The number of aliphatic carboxylic acids is 1. The number of aliphatic hydroxyl groups excluding tert-OH is 4. The molecule has 1 fully saturated rings. The van der Waals surface area contributed by atoms with Crippen molar-refractivity contribution in [1.82, 2.24) is 0 Å². The van der Waals surface area contributed by atoms with Crippen LogP contribution in [0.15, 0.2) is 33.5 Å². The molecule has 184 valence electrons. The highest BCUT2D eigenvalue weighted by Gasteiger charge is 2.45. The van der Waals surface area contributed by atoms with Gasteiger partial charge in [0.1, 0.15) is 41.9 Å². The number of phenolic OH excluding ortho intramolecular Hbond substituents is 1. The van der Waals surface area contributed by atoms with Crippen molar-refractivity contribution in [3.8, 4) is 5.75 Å². The standard InChI is InChI=1S/C15H16O8.C8H16O2/c16-5-10-11(18)12(19)13(20)14(22-10)8-3-6-1-2-7(17)4-9(6)23-15(8)21;1-3-5-7(6-4-2)8(9)10/h1-4,10-14,16-20H,5H2;7H,3-6H2,1-2H3,(H,9,10)/t10-,11+,12+,13-,14+;/m1./s1. The fourth-order valence-electron chi connectivity index (χ4n) is 3.76. The van der Waals surface area contributed by atoms with E-state index in [0.717, 1.165) is 25.7 Å². The Morgan fingerprint density at radius 2 is 1.67 bits per heavy atom. The summed E-state index contributed by atoms with van der Waals surface area (Å²) >= 11 is 0. The van der Waals surface area contributed by atoms with Gasteiger partial charge in [-0.1, -0.05) is 26.7 Å². The molecule has 2 aromatic rings. The van der Waals surface area contributed by atoms with Crippen LogP contribution < -0.4 is 5.63 Å². The Morgan fingerprint density at radius 3 is 2.21 bits per heavy atom. The van der Waals surface area contributed by atoms with Crippen LogP contribution in [0.5, 0.6) is 5.75 Å². The molecule has 0 bridgehead atoms. The molecule has 0 spiro atoms. The molecule has 5 atom stereocenters. The number of fused-ring (bicyclic) bond motifs is 1. The third-order valence-electron chi connectivity index (χ3n) is 5.57. The molecule has 1 aromatic carbocycles. The number of ether oxygens (including phenoxy) is 1. The molecule has 0 aliphatic carbocycles. The molecule has 0 radical (unpaired) electrons. The number of rotatable bonds is 7. The van der Waals surface area contributed by atoms with Gasteiger partial charge in [0.2, 0.25) is 0 Å². The predicted octanol–water partition coefficient (Wildman–Crippen LogP) is 1.30. The van der Waals surface area contributed by atoms with Crippen molar-refractivity contribution in [3.63, 3.8) is 0 Å². The molecule has 0 unspecified atom stereocenters. The molecule has 10 heteroatoms. The van der Waals surface area contributed by atoms with Gasteiger partial charge < -0.3 is 39.8 Å². The summed E-state index contributed by atoms with van der Waals surface area (Å²) in [7, 11) is 0. The number of benzene rings is 1. The van der Waals surface area contributed by atoms with Gasteiger partial charge in [0.05, 0.1) is 18.1 Å². The van der Waals surface area contributed by atoms with Gasteiger partial charge >= 0.3 is 11.6 Å². The third kappa shape index (κ3) is 6.52. The normalized spacial score (nSPS) is 25.0. The molecule has 2 heterocycles. The van der Waals surface area contributed by atoms with Crippen LogP contribution in [0.4, 0.5) is 0 Å². The van der Waals surface area contributed by atoms with Crippen molar-refractivity contribution in [2.45, 2.75) is 70.1 Å². The van der Waals surface area contributed by atoms with E-state index in [2.05, 4.69) is 0 Å². The number of hydrogen-bond donors (Lipinski definition) is 6. The van der Waals surface area contributed by atoms with Crippen molar-refractivity contribution >= 4 is 16.9 Å². The average Bonchev–Trinajstić information content (AvgIpc) is 2.78. The number of aliphatic hydroxyl groups is 4. The van der Waals surface area contributed by atoms with Gasteiger partial charge in [0.25, 0.3) is 0 Å². The second-order valence-electron chi connectivity index (χ2n) is 8.07. The first-order chi connectivity index (χ1) is 15.6. The Morgan fingerprint density at radius 1 is 1.03 bits per heavy atom. The van der Waals surface area contributed by atoms with E-state index in [1.54, 1.807) is 0 Å².